The van der Waals surface area contributed by atoms with Gasteiger partial charge in [-0.05, 0) is 0 Å². The molecule has 1 N–H and O–H groups in total. The second-order valence-corrected chi connectivity index (χ2v) is 6.54. The number of carboxylic acids is 1. The van der Waals surface area contributed by atoms with Crippen LogP contribution < -0.4 is 0 Å². The van der Waals surface area contributed by atoms with Crippen molar-refractivity contribution >= 4 is 33.3 Å². The number of carbonyl (C=O) groups excluding carboxylic acids is 1. The number of aromatic carboxylic acids is 1. The van der Waals surface area contributed by atoms with E-state index in [-0.39, 0.29) is 17.2 Å². The predicted molar refractivity (Wildman–Crippen MR) is 65.5 cm³/mol. The Balaban J connectivity index is 2.94. The standard InChI is InChI=1S/C9H12N2O6S2/c1-11(4-3-6(12)17-2)19(15,16)9-7(8(13)14)10-5-18-9/h5H,3-4H2,1-2H3,(H,13,14). The maximum atomic E-state index is 12.1. The van der Waals surface area contributed by atoms with E-state index < -0.39 is 27.7 Å². The lowest BCUT2D eigenvalue weighted by Gasteiger charge is -2.15. The Bertz CT molecular complexity index is 579. The van der Waals surface area contributed by atoms with Crippen LogP contribution in [0.5, 0.6) is 0 Å². The molecule has 0 aromatic carbocycles. The van der Waals surface area contributed by atoms with Gasteiger partial charge in [0.15, 0.2) is 9.90 Å². The summed E-state index contributed by atoms with van der Waals surface area (Å²) in [5.74, 6) is -1.97. The van der Waals surface area contributed by atoms with Gasteiger partial charge in [-0.1, -0.05) is 0 Å². The van der Waals surface area contributed by atoms with Crippen molar-refractivity contribution in [1.29, 1.82) is 0 Å². The molecule has 0 fully saturated rings. The number of esters is 1. The van der Waals surface area contributed by atoms with Gasteiger partial charge in [0.05, 0.1) is 19.0 Å². The molecule has 0 aliphatic heterocycles. The van der Waals surface area contributed by atoms with Gasteiger partial charge in [-0.3, -0.25) is 4.79 Å². The van der Waals surface area contributed by atoms with Gasteiger partial charge >= 0.3 is 11.9 Å². The van der Waals surface area contributed by atoms with Crippen molar-refractivity contribution in [2.75, 3.05) is 20.7 Å². The number of sulfonamides is 1. The van der Waals surface area contributed by atoms with E-state index in [0.717, 1.165) is 9.82 Å². The molecule has 0 amide bonds. The van der Waals surface area contributed by atoms with Gasteiger partial charge in [-0.2, -0.15) is 4.31 Å². The van der Waals surface area contributed by atoms with Gasteiger partial charge in [0.2, 0.25) is 0 Å². The van der Waals surface area contributed by atoms with Crippen LogP contribution in [0.1, 0.15) is 16.9 Å². The zero-order valence-corrected chi connectivity index (χ0v) is 11.8. The molecule has 1 rings (SSSR count). The van der Waals surface area contributed by atoms with Crippen molar-refractivity contribution in [3.8, 4) is 0 Å². The molecule has 0 unspecified atom stereocenters. The van der Waals surface area contributed by atoms with Gasteiger partial charge in [0, 0.05) is 13.6 Å². The van der Waals surface area contributed by atoms with Gasteiger partial charge in [0.25, 0.3) is 10.0 Å². The topological polar surface area (TPSA) is 114 Å². The molecule has 0 spiro atoms. The Morgan fingerprint density at radius 1 is 1.53 bits per heavy atom. The van der Waals surface area contributed by atoms with Crippen LogP contribution in [0.25, 0.3) is 0 Å². The van der Waals surface area contributed by atoms with E-state index in [4.69, 9.17) is 5.11 Å². The molecule has 0 saturated heterocycles. The summed E-state index contributed by atoms with van der Waals surface area (Å²) in [5.41, 5.74) is 0.625. The van der Waals surface area contributed by atoms with Crippen molar-refractivity contribution in [2.24, 2.45) is 0 Å². The molecule has 10 heteroatoms. The van der Waals surface area contributed by atoms with Crippen molar-refractivity contribution in [2.45, 2.75) is 10.6 Å². The number of rotatable bonds is 6. The first-order valence-electron chi connectivity index (χ1n) is 5.00. The number of methoxy groups -OCH3 is 1. The monoisotopic (exact) mass is 308 g/mol. The van der Waals surface area contributed by atoms with E-state index in [0.29, 0.717) is 11.3 Å². The molecule has 0 radical (unpaired) electrons. The van der Waals surface area contributed by atoms with Crippen LogP contribution in [0.3, 0.4) is 0 Å². The van der Waals surface area contributed by atoms with E-state index in [2.05, 4.69) is 9.72 Å². The molecule has 0 bridgehead atoms. The summed E-state index contributed by atoms with van der Waals surface area (Å²) in [4.78, 5) is 25.3. The molecule has 1 heterocycles. The maximum Gasteiger partial charge on any atom is 0.356 e. The third-order valence-corrected chi connectivity index (χ3v) is 5.44. The fourth-order valence-electron chi connectivity index (χ4n) is 1.17. The number of hydrogen-bond acceptors (Lipinski definition) is 7. The average Bonchev–Trinajstić information content (AvgIpc) is 2.85. The molecule has 19 heavy (non-hydrogen) atoms. The van der Waals surface area contributed by atoms with Gasteiger partial charge in [0.1, 0.15) is 0 Å². The zero-order chi connectivity index (χ0) is 14.6. The van der Waals surface area contributed by atoms with Crippen LogP contribution in [0.4, 0.5) is 0 Å². The molecule has 1 aromatic heterocycles. The SMILES string of the molecule is COC(=O)CCN(C)S(=O)(=O)c1scnc1C(=O)O. The lowest BCUT2D eigenvalue weighted by molar-refractivity contribution is -0.140. The van der Waals surface area contributed by atoms with E-state index in [1.807, 2.05) is 0 Å². The fourth-order valence-corrected chi connectivity index (χ4v) is 3.68. The fraction of sp³-hybridized carbons (Fsp3) is 0.444. The summed E-state index contributed by atoms with van der Waals surface area (Å²) in [5, 5.41) is 8.84. The van der Waals surface area contributed by atoms with Crippen LogP contribution in [-0.2, 0) is 19.6 Å². The van der Waals surface area contributed by atoms with E-state index in [1.165, 1.54) is 14.2 Å². The smallest absolute Gasteiger partial charge is 0.356 e. The molecule has 8 nitrogen and oxygen atoms in total. The Kier molecular flexibility index (Phi) is 4.97. The highest BCUT2D eigenvalue weighted by Gasteiger charge is 2.29. The number of aromatic nitrogens is 1. The van der Waals surface area contributed by atoms with Crippen LogP contribution in [0.2, 0.25) is 0 Å². The van der Waals surface area contributed by atoms with E-state index >= 15 is 0 Å². The molecule has 1 aromatic rings. The number of nitrogens with zero attached hydrogens (tertiary/aromatic N) is 2. The zero-order valence-electron chi connectivity index (χ0n) is 10.2. The third kappa shape index (κ3) is 3.49. The highest BCUT2D eigenvalue weighted by molar-refractivity contribution is 7.91. The minimum Gasteiger partial charge on any atom is -0.476 e. The predicted octanol–water partition coefficient (Wildman–Crippen LogP) is 0.0249. The van der Waals surface area contributed by atoms with Crippen molar-refractivity contribution in [3.63, 3.8) is 0 Å². The molecule has 0 aliphatic carbocycles. The summed E-state index contributed by atoms with van der Waals surface area (Å²) in [6.45, 7) is -0.105. The molecule has 0 aliphatic rings. The second-order valence-electron chi connectivity index (χ2n) is 3.45. The number of thiazole rings is 1. The van der Waals surface area contributed by atoms with Crippen LogP contribution >= 0.6 is 11.3 Å². The highest BCUT2D eigenvalue weighted by atomic mass is 32.2. The first-order valence-corrected chi connectivity index (χ1v) is 7.32. The Labute approximate surface area is 113 Å². The largest absolute Gasteiger partial charge is 0.476 e. The number of ether oxygens (including phenoxy) is 1. The molecule has 0 atom stereocenters. The molecular weight excluding hydrogens is 296 g/mol. The minimum atomic E-state index is -3.97. The third-order valence-electron chi connectivity index (χ3n) is 2.24. The first kappa shape index (κ1) is 15.5. The van der Waals surface area contributed by atoms with Crippen molar-refractivity contribution in [1.82, 2.24) is 9.29 Å². The normalized spacial score (nSPS) is 11.5. The lowest BCUT2D eigenvalue weighted by atomic mass is 10.4. The highest BCUT2D eigenvalue weighted by Crippen LogP contribution is 2.23. The summed E-state index contributed by atoms with van der Waals surface area (Å²) < 4.78 is 29.1. The minimum absolute atomic E-state index is 0.105. The van der Waals surface area contributed by atoms with Crippen molar-refractivity contribution < 1.29 is 27.9 Å². The first-order chi connectivity index (χ1) is 8.80. The van der Waals surface area contributed by atoms with Crippen LogP contribution in [-0.4, -0.2) is 55.5 Å². The number of carboxylic acid groups (broad SMARTS) is 1. The summed E-state index contributed by atoms with van der Waals surface area (Å²) in [7, 11) is -1.52. The Morgan fingerprint density at radius 2 is 2.16 bits per heavy atom. The average molecular weight is 308 g/mol. The van der Waals surface area contributed by atoms with E-state index in [9.17, 15) is 18.0 Å². The molecular formula is C9H12N2O6S2. The van der Waals surface area contributed by atoms with Crippen molar-refractivity contribution in [3.05, 3.63) is 11.2 Å². The van der Waals surface area contributed by atoms with Crippen LogP contribution in [0.15, 0.2) is 9.72 Å². The van der Waals surface area contributed by atoms with Crippen LogP contribution in [0, 0.1) is 0 Å². The van der Waals surface area contributed by atoms with Gasteiger partial charge in [-0.15, -0.1) is 11.3 Å². The number of hydrogen-bond donors (Lipinski definition) is 1. The maximum absolute atomic E-state index is 12.1. The van der Waals surface area contributed by atoms with Gasteiger partial charge in [-0.25, -0.2) is 18.2 Å². The summed E-state index contributed by atoms with van der Waals surface area (Å²) >= 11 is 0.715. The lowest BCUT2D eigenvalue weighted by Crippen LogP contribution is -2.30. The second kappa shape index (κ2) is 6.08. The Hall–Kier alpha value is -1.52. The molecule has 106 valence electrons. The quantitative estimate of drug-likeness (QED) is 0.737. The van der Waals surface area contributed by atoms with E-state index in [1.54, 1.807) is 0 Å². The summed E-state index contributed by atoms with van der Waals surface area (Å²) in [6, 6.07) is 0. The summed E-state index contributed by atoms with van der Waals surface area (Å²) in [6.07, 6.45) is -0.118. The van der Waals surface area contributed by atoms with Gasteiger partial charge < -0.3 is 9.84 Å². The number of carbonyl (C=O) groups is 2. The molecule has 0 saturated carbocycles. The Morgan fingerprint density at radius 3 is 2.68 bits per heavy atom.